The molecule has 2 rings (SSSR count). The zero-order valence-corrected chi connectivity index (χ0v) is 15.0. The number of rotatable bonds is 6. The minimum Gasteiger partial charge on any atom is -0.449 e. The van der Waals surface area contributed by atoms with Gasteiger partial charge in [-0.2, -0.15) is 0 Å². The smallest absolute Gasteiger partial charge is 0.331 e. The number of nitro benzene ring substituents is 1. The van der Waals surface area contributed by atoms with E-state index in [2.05, 4.69) is 12.2 Å². The van der Waals surface area contributed by atoms with Crippen molar-refractivity contribution in [3.05, 3.63) is 46.0 Å². The molecule has 1 saturated carbocycles. The van der Waals surface area contributed by atoms with Crippen LogP contribution in [-0.4, -0.2) is 28.9 Å². The van der Waals surface area contributed by atoms with Gasteiger partial charge in [0, 0.05) is 24.3 Å². The molecule has 1 aliphatic rings. The Bertz CT molecular complexity index is 684. The number of non-ortho nitro benzene ring substituents is 1. The largest absolute Gasteiger partial charge is 0.449 e. The number of nitrogens with one attached hydrogen (secondary N) is 1. The van der Waals surface area contributed by atoms with Crippen LogP contribution in [0.3, 0.4) is 0 Å². The third-order valence-electron chi connectivity index (χ3n) is 4.62. The second kappa shape index (κ2) is 9.12. The monoisotopic (exact) mass is 360 g/mol. The third kappa shape index (κ3) is 5.68. The Labute approximate surface area is 152 Å². The van der Waals surface area contributed by atoms with E-state index in [9.17, 15) is 19.7 Å². The van der Waals surface area contributed by atoms with Gasteiger partial charge in [0.2, 0.25) is 0 Å². The van der Waals surface area contributed by atoms with E-state index in [0.717, 1.165) is 19.3 Å². The Morgan fingerprint density at radius 3 is 2.54 bits per heavy atom. The van der Waals surface area contributed by atoms with Gasteiger partial charge in [0.05, 0.1) is 4.92 Å². The summed E-state index contributed by atoms with van der Waals surface area (Å²) in [6.45, 7) is 3.66. The van der Waals surface area contributed by atoms with E-state index in [4.69, 9.17) is 4.74 Å². The van der Waals surface area contributed by atoms with Gasteiger partial charge in [-0.15, -0.1) is 0 Å². The highest BCUT2D eigenvalue weighted by Crippen LogP contribution is 2.23. The number of esters is 1. The predicted molar refractivity (Wildman–Crippen MR) is 97.2 cm³/mol. The Hall–Kier alpha value is -2.70. The number of amides is 1. The zero-order chi connectivity index (χ0) is 19.1. The maximum Gasteiger partial charge on any atom is 0.331 e. The highest BCUT2D eigenvalue weighted by Gasteiger charge is 2.25. The van der Waals surface area contributed by atoms with Crippen LogP contribution in [0.2, 0.25) is 0 Å². The standard InChI is InChI=1S/C19H24N2O5/c1-13-5-3-4-6-17(13)20-19(23)14(2)26-18(22)12-9-15-7-10-16(11-8-15)21(24)25/h7-14,17H,3-6H2,1-2H3,(H,20,23)/b12-9+/t13-,14-,17+/m1/s1. The molecular weight excluding hydrogens is 336 g/mol. The van der Waals surface area contributed by atoms with E-state index in [1.165, 1.54) is 42.8 Å². The lowest BCUT2D eigenvalue weighted by Crippen LogP contribution is -2.45. The van der Waals surface area contributed by atoms with Crippen molar-refractivity contribution >= 4 is 23.6 Å². The number of hydrogen-bond acceptors (Lipinski definition) is 5. The van der Waals surface area contributed by atoms with Crippen molar-refractivity contribution < 1.29 is 19.2 Å². The first kappa shape index (κ1) is 19.6. The fraction of sp³-hybridized carbons (Fsp3) is 0.474. The second-order valence-electron chi connectivity index (χ2n) is 6.64. The normalized spacial score (nSPS) is 21.2. The summed E-state index contributed by atoms with van der Waals surface area (Å²) in [4.78, 5) is 34.2. The summed E-state index contributed by atoms with van der Waals surface area (Å²) in [5.74, 6) is -0.499. The van der Waals surface area contributed by atoms with Gasteiger partial charge in [-0.3, -0.25) is 14.9 Å². The lowest BCUT2D eigenvalue weighted by molar-refractivity contribution is -0.384. The van der Waals surface area contributed by atoms with Crippen molar-refractivity contribution in [3.8, 4) is 0 Å². The number of carbonyl (C=O) groups is 2. The van der Waals surface area contributed by atoms with Gasteiger partial charge in [0.1, 0.15) is 0 Å². The molecule has 0 aliphatic heterocycles. The minimum atomic E-state index is -0.877. The highest BCUT2D eigenvalue weighted by atomic mass is 16.6. The van der Waals surface area contributed by atoms with Crippen molar-refractivity contribution in [2.75, 3.05) is 0 Å². The second-order valence-corrected chi connectivity index (χ2v) is 6.64. The quantitative estimate of drug-likeness (QED) is 0.363. The lowest BCUT2D eigenvalue weighted by Gasteiger charge is -2.30. The predicted octanol–water partition coefficient (Wildman–Crippen LogP) is 3.23. The lowest BCUT2D eigenvalue weighted by atomic mass is 9.86. The Morgan fingerprint density at radius 1 is 1.27 bits per heavy atom. The summed E-state index contributed by atoms with van der Waals surface area (Å²) in [5.41, 5.74) is 0.604. The molecule has 140 valence electrons. The fourth-order valence-electron chi connectivity index (χ4n) is 2.97. The molecule has 1 fully saturated rings. The van der Waals surface area contributed by atoms with Crippen LogP contribution in [0.25, 0.3) is 6.08 Å². The molecular formula is C19H24N2O5. The molecule has 0 bridgehead atoms. The fourth-order valence-corrected chi connectivity index (χ4v) is 2.97. The highest BCUT2D eigenvalue weighted by molar-refractivity contribution is 5.90. The minimum absolute atomic E-state index is 0.0213. The Morgan fingerprint density at radius 2 is 1.92 bits per heavy atom. The van der Waals surface area contributed by atoms with Crippen molar-refractivity contribution in [2.45, 2.75) is 51.7 Å². The van der Waals surface area contributed by atoms with E-state index in [-0.39, 0.29) is 17.6 Å². The first-order valence-corrected chi connectivity index (χ1v) is 8.80. The molecule has 0 unspecified atom stereocenters. The van der Waals surface area contributed by atoms with Crippen molar-refractivity contribution in [1.82, 2.24) is 5.32 Å². The molecule has 0 heterocycles. The van der Waals surface area contributed by atoms with Crippen LogP contribution in [0.15, 0.2) is 30.3 Å². The van der Waals surface area contributed by atoms with Crippen LogP contribution < -0.4 is 5.32 Å². The van der Waals surface area contributed by atoms with Crippen molar-refractivity contribution in [2.24, 2.45) is 5.92 Å². The number of benzene rings is 1. The summed E-state index contributed by atoms with van der Waals surface area (Å²) >= 11 is 0. The van der Waals surface area contributed by atoms with Gasteiger partial charge in [0.15, 0.2) is 6.10 Å². The molecule has 0 saturated heterocycles. The third-order valence-corrected chi connectivity index (χ3v) is 4.62. The summed E-state index contributed by atoms with van der Waals surface area (Å²) < 4.78 is 5.13. The van der Waals surface area contributed by atoms with Crippen molar-refractivity contribution in [3.63, 3.8) is 0 Å². The first-order valence-electron chi connectivity index (χ1n) is 8.80. The molecule has 3 atom stereocenters. The summed E-state index contributed by atoms with van der Waals surface area (Å²) in [7, 11) is 0. The van der Waals surface area contributed by atoms with Crippen LogP contribution in [0.1, 0.15) is 45.1 Å². The average Bonchev–Trinajstić information content (AvgIpc) is 2.62. The number of nitrogens with zero attached hydrogens (tertiary/aromatic N) is 1. The van der Waals surface area contributed by atoms with E-state index >= 15 is 0 Å². The van der Waals surface area contributed by atoms with E-state index in [1.807, 2.05) is 0 Å². The molecule has 1 aromatic rings. The molecule has 1 amide bonds. The molecule has 1 aromatic carbocycles. The summed E-state index contributed by atoms with van der Waals surface area (Å²) in [6, 6.07) is 5.90. The number of carbonyl (C=O) groups excluding carboxylic acids is 2. The summed E-state index contributed by atoms with van der Waals surface area (Å²) in [5, 5.41) is 13.6. The maximum atomic E-state index is 12.2. The molecule has 7 heteroatoms. The maximum absolute atomic E-state index is 12.2. The van der Waals surface area contributed by atoms with Gasteiger partial charge in [-0.1, -0.05) is 19.8 Å². The molecule has 0 spiro atoms. The molecule has 1 aliphatic carbocycles. The first-order chi connectivity index (χ1) is 12.4. The van der Waals surface area contributed by atoms with E-state index in [0.29, 0.717) is 11.5 Å². The number of hydrogen-bond donors (Lipinski definition) is 1. The van der Waals surface area contributed by atoms with E-state index in [1.54, 1.807) is 6.92 Å². The zero-order valence-electron chi connectivity index (χ0n) is 15.0. The average molecular weight is 360 g/mol. The van der Waals surface area contributed by atoms with Gasteiger partial charge >= 0.3 is 5.97 Å². The van der Waals surface area contributed by atoms with Crippen LogP contribution in [0.5, 0.6) is 0 Å². The molecule has 1 N–H and O–H groups in total. The number of ether oxygens (including phenoxy) is 1. The molecule has 7 nitrogen and oxygen atoms in total. The van der Waals surface area contributed by atoms with Crippen LogP contribution in [-0.2, 0) is 14.3 Å². The van der Waals surface area contributed by atoms with Crippen LogP contribution in [0, 0.1) is 16.0 Å². The van der Waals surface area contributed by atoms with Gasteiger partial charge in [-0.25, -0.2) is 4.79 Å². The Balaban J connectivity index is 1.83. The SMILES string of the molecule is C[C@@H]1CCCC[C@@H]1NC(=O)[C@@H](C)OC(=O)/C=C/c1ccc([N+](=O)[O-])cc1. The van der Waals surface area contributed by atoms with Crippen LogP contribution in [0.4, 0.5) is 5.69 Å². The number of nitro groups is 1. The van der Waals surface area contributed by atoms with Crippen LogP contribution >= 0.6 is 0 Å². The Kier molecular flexibility index (Phi) is 6.89. The van der Waals surface area contributed by atoms with Crippen molar-refractivity contribution in [1.29, 1.82) is 0 Å². The van der Waals surface area contributed by atoms with E-state index < -0.39 is 17.0 Å². The summed E-state index contributed by atoms with van der Waals surface area (Å²) in [6.07, 6.45) is 6.14. The molecule has 26 heavy (non-hydrogen) atoms. The topological polar surface area (TPSA) is 98.5 Å². The van der Waals surface area contributed by atoms with Gasteiger partial charge < -0.3 is 10.1 Å². The molecule has 0 radical (unpaired) electrons. The van der Waals surface area contributed by atoms with Gasteiger partial charge in [-0.05, 0) is 49.5 Å². The molecule has 0 aromatic heterocycles. The van der Waals surface area contributed by atoms with Gasteiger partial charge in [0.25, 0.3) is 11.6 Å².